The lowest BCUT2D eigenvalue weighted by molar-refractivity contribution is -0.193. The van der Waals surface area contributed by atoms with Gasteiger partial charge in [-0.25, -0.2) is 9.59 Å². The van der Waals surface area contributed by atoms with Gasteiger partial charge in [0.15, 0.2) is 12.4 Å². The van der Waals surface area contributed by atoms with Gasteiger partial charge in [-0.05, 0) is 61.8 Å². The Morgan fingerprint density at radius 1 is 0.925 bits per heavy atom. The number of nitrogens with zero attached hydrogens (tertiary/aromatic N) is 2. The number of fused-ring (bicyclic) bond motifs is 1. The number of carbonyl (C=O) groups is 4. The predicted molar refractivity (Wildman–Crippen MR) is 181 cm³/mol. The van der Waals surface area contributed by atoms with Crippen molar-refractivity contribution in [1.29, 1.82) is 0 Å². The number of likely N-dealkylation sites (N-methyl/N-ethyl adjacent to an activating group) is 1. The van der Waals surface area contributed by atoms with E-state index in [9.17, 15) is 41.0 Å². The number of carboxylic acid groups (broad SMARTS) is 2. The van der Waals surface area contributed by atoms with Crippen LogP contribution in [0.2, 0.25) is 5.02 Å². The van der Waals surface area contributed by atoms with E-state index in [0.717, 1.165) is 37.2 Å². The van der Waals surface area contributed by atoms with Crippen molar-refractivity contribution in [2.75, 3.05) is 71.0 Å². The zero-order valence-electron chi connectivity index (χ0n) is 29.0. The molecule has 0 atom stereocenters. The molecule has 53 heavy (non-hydrogen) atoms. The van der Waals surface area contributed by atoms with Gasteiger partial charge in [0.1, 0.15) is 11.4 Å². The molecule has 0 aromatic heterocycles. The van der Waals surface area contributed by atoms with Crippen LogP contribution in [0.25, 0.3) is 0 Å². The highest BCUT2D eigenvalue weighted by molar-refractivity contribution is 6.30. The Morgan fingerprint density at radius 3 is 2.11 bits per heavy atom. The van der Waals surface area contributed by atoms with Gasteiger partial charge >= 0.3 is 24.3 Å². The van der Waals surface area contributed by atoms with Gasteiger partial charge in [0, 0.05) is 31.2 Å². The lowest BCUT2D eigenvalue weighted by Gasteiger charge is -2.27. The molecule has 298 valence electrons. The van der Waals surface area contributed by atoms with E-state index in [0.29, 0.717) is 68.7 Å². The number of halogens is 7. The van der Waals surface area contributed by atoms with Crippen molar-refractivity contribution in [3.8, 4) is 11.5 Å². The molecule has 0 unspecified atom stereocenters. The van der Waals surface area contributed by atoms with E-state index in [1.807, 2.05) is 29.2 Å². The van der Waals surface area contributed by atoms with Crippen LogP contribution in [0.15, 0.2) is 36.4 Å². The van der Waals surface area contributed by atoms with Crippen molar-refractivity contribution in [3.05, 3.63) is 52.5 Å². The Bertz CT molecular complexity index is 1450. The van der Waals surface area contributed by atoms with Crippen molar-refractivity contribution < 1.29 is 70.3 Å². The minimum absolute atomic E-state index is 0.00874. The van der Waals surface area contributed by atoms with Gasteiger partial charge in [0.25, 0.3) is 5.91 Å². The first-order valence-electron chi connectivity index (χ1n) is 16.2. The molecule has 2 aromatic carbocycles. The zero-order chi connectivity index (χ0) is 40.2. The van der Waals surface area contributed by atoms with Crippen molar-refractivity contribution in [3.63, 3.8) is 0 Å². The van der Waals surface area contributed by atoms with Gasteiger partial charge in [-0.15, -0.1) is 0 Å². The van der Waals surface area contributed by atoms with Gasteiger partial charge in [-0.1, -0.05) is 43.6 Å². The summed E-state index contributed by atoms with van der Waals surface area (Å²) < 4.78 is 74.8. The van der Waals surface area contributed by atoms with Crippen LogP contribution in [0.1, 0.15) is 31.4 Å². The summed E-state index contributed by atoms with van der Waals surface area (Å²) in [5.41, 5.74) is 2.34. The molecule has 1 aliphatic rings. The highest BCUT2D eigenvalue weighted by atomic mass is 35.5. The molecule has 0 bridgehead atoms. The molecule has 1 aliphatic heterocycles. The first-order valence-corrected chi connectivity index (χ1v) is 16.6. The third-order valence-corrected chi connectivity index (χ3v) is 7.50. The minimum atomic E-state index is -5.08. The second-order valence-electron chi connectivity index (χ2n) is 11.0. The second kappa shape index (κ2) is 23.4. The smallest absolute Gasteiger partial charge is 0.490 e. The number of alkyl halides is 6. The highest BCUT2D eigenvalue weighted by Crippen LogP contribution is 2.39. The van der Waals surface area contributed by atoms with Crippen LogP contribution in [0.4, 0.5) is 32.0 Å². The number of aliphatic carboxylic acids is 2. The standard InChI is InChI=1S/C29H41ClN4O5.2C2HF3O2/c1-3-33(4-2)16-17-34(27(37)12-19-38-18-11-22-6-5-7-24(30)20-22)15-14-31-13-10-23-8-9-25(35)28-29(23)39-21-26(36)32-28;2*3-2(4,5)1(6)7/h5-9,20,31,35H,3-4,10-19,21H2,1-2H3,(H,32,36);2*(H,6,7). The van der Waals surface area contributed by atoms with E-state index in [-0.39, 0.29) is 24.2 Å². The summed E-state index contributed by atoms with van der Waals surface area (Å²) in [6.07, 6.45) is -8.41. The van der Waals surface area contributed by atoms with Crippen molar-refractivity contribution in [2.45, 2.75) is 45.5 Å². The fourth-order valence-electron chi connectivity index (χ4n) is 4.44. The number of phenolic OH excluding ortho intramolecular Hbond substituents is 1. The van der Waals surface area contributed by atoms with Gasteiger partial charge in [-0.3, -0.25) is 9.59 Å². The number of rotatable bonds is 17. The summed E-state index contributed by atoms with van der Waals surface area (Å²) in [6, 6.07) is 11.1. The molecule has 0 spiro atoms. The lowest BCUT2D eigenvalue weighted by Crippen LogP contribution is -2.42. The fraction of sp³-hybridized carbons (Fsp3) is 0.515. The van der Waals surface area contributed by atoms with Crippen molar-refractivity contribution in [2.24, 2.45) is 0 Å². The molecule has 5 N–H and O–H groups in total. The van der Waals surface area contributed by atoms with E-state index >= 15 is 0 Å². The molecule has 1 heterocycles. The maximum atomic E-state index is 13.0. The Balaban J connectivity index is 0.000000845. The maximum Gasteiger partial charge on any atom is 0.490 e. The molecular weight excluding hydrogens is 746 g/mol. The number of hydrogen-bond donors (Lipinski definition) is 5. The Kier molecular flexibility index (Phi) is 20.6. The number of carbonyl (C=O) groups excluding carboxylic acids is 2. The molecule has 20 heteroatoms. The molecule has 0 aliphatic carbocycles. The summed E-state index contributed by atoms with van der Waals surface area (Å²) in [7, 11) is 0. The van der Waals surface area contributed by atoms with Crippen LogP contribution in [-0.4, -0.2) is 127 Å². The Labute approximate surface area is 306 Å². The molecule has 0 radical (unpaired) electrons. The summed E-state index contributed by atoms with van der Waals surface area (Å²) in [5.74, 6) is -5.20. The third-order valence-electron chi connectivity index (χ3n) is 7.26. The zero-order valence-corrected chi connectivity index (χ0v) is 29.7. The van der Waals surface area contributed by atoms with Crippen molar-refractivity contribution in [1.82, 2.24) is 15.1 Å². The topological polar surface area (TPSA) is 178 Å². The van der Waals surface area contributed by atoms with Gasteiger partial charge < -0.3 is 45.2 Å². The Morgan fingerprint density at radius 2 is 1.55 bits per heavy atom. The van der Waals surface area contributed by atoms with Gasteiger partial charge in [0.2, 0.25) is 5.91 Å². The summed E-state index contributed by atoms with van der Waals surface area (Å²) >= 11 is 6.04. The average Bonchev–Trinajstić information content (AvgIpc) is 3.08. The SMILES string of the molecule is CCN(CC)CCN(CCNCCc1ccc(O)c2c1OCC(=O)N2)C(=O)CCOCCc1cccc(Cl)c1.O=C(O)C(F)(F)F.O=C(O)C(F)(F)F. The van der Waals surface area contributed by atoms with E-state index in [4.69, 9.17) is 40.9 Å². The van der Waals surface area contributed by atoms with Crippen molar-refractivity contribution >= 4 is 41.0 Å². The molecule has 2 aromatic rings. The van der Waals surface area contributed by atoms with Crippen LogP contribution in [0.3, 0.4) is 0 Å². The number of amides is 2. The van der Waals surface area contributed by atoms with E-state index in [1.165, 1.54) is 0 Å². The molecule has 0 saturated heterocycles. The van der Waals surface area contributed by atoms with E-state index < -0.39 is 24.3 Å². The number of phenols is 1. The number of anilines is 1. The monoisotopic (exact) mass is 788 g/mol. The first kappa shape index (κ1) is 46.7. The summed E-state index contributed by atoms with van der Waals surface area (Å²) in [5, 5.41) is 31.1. The number of nitrogens with one attached hydrogen (secondary N) is 2. The largest absolute Gasteiger partial charge is 0.506 e. The van der Waals surface area contributed by atoms with Crippen LogP contribution < -0.4 is 15.4 Å². The van der Waals surface area contributed by atoms with Gasteiger partial charge in [-0.2, -0.15) is 26.3 Å². The van der Waals surface area contributed by atoms with Crippen LogP contribution in [0.5, 0.6) is 11.5 Å². The molecular formula is C33H43ClF6N4O9. The number of hydrogen-bond acceptors (Lipinski definition) is 9. The molecule has 3 rings (SSSR count). The van der Waals surface area contributed by atoms with Crippen LogP contribution in [0, 0.1) is 0 Å². The number of ether oxygens (including phenoxy) is 2. The molecule has 0 saturated carbocycles. The highest BCUT2D eigenvalue weighted by Gasteiger charge is 2.39. The minimum Gasteiger partial charge on any atom is -0.506 e. The van der Waals surface area contributed by atoms with Crippen LogP contribution in [-0.2, 0) is 36.8 Å². The van der Waals surface area contributed by atoms with E-state index in [1.54, 1.807) is 12.1 Å². The predicted octanol–water partition coefficient (Wildman–Crippen LogP) is 4.60. The fourth-order valence-corrected chi connectivity index (χ4v) is 4.65. The Hall–Kier alpha value is -4.33. The molecule has 13 nitrogen and oxygen atoms in total. The molecule has 0 fully saturated rings. The van der Waals surface area contributed by atoms with Crippen LogP contribution >= 0.6 is 11.6 Å². The third kappa shape index (κ3) is 18.8. The normalized spacial score (nSPS) is 12.3. The summed E-state index contributed by atoms with van der Waals surface area (Å²) in [6.45, 7) is 10.4. The molecule has 2 amide bonds. The second-order valence-corrected chi connectivity index (χ2v) is 11.5. The lowest BCUT2D eigenvalue weighted by atomic mass is 10.1. The maximum absolute atomic E-state index is 13.0. The average molecular weight is 789 g/mol. The quantitative estimate of drug-likeness (QED) is 0.0861. The number of aromatic hydroxyl groups is 1. The van der Waals surface area contributed by atoms with E-state index in [2.05, 4.69) is 29.4 Å². The van der Waals surface area contributed by atoms with Gasteiger partial charge in [0.05, 0.1) is 19.6 Å². The number of benzene rings is 2. The first-order chi connectivity index (χ1) is 24.8. The summed E-state index contributed by atoms with van der Waals surface area (Å²) in [4.78, 5) is 46.6. The number of carboxylic acids is 2.